The van der Waals surface area contributed by atoms with Crippen LogP contribution < -0.4 is 0 Å². The number of para-hydroxylation sites is 1. The third-order valence-corrected chi connectivity index (χ3v) is 5.91. The standard InChI is InChI=1S/C31H31N3/c1-6-24(18-17-23(2)25-13-9-7-10-14-25)29-32-33-30(34(29)28-15-11-8-12-16-28)26-19-21-27(22-20-26)31(3,4)5/h6-22H,1H2,2-5H3/b23-17+,24-18+. The molecular formula is C31H31N3. The number of nitrogens with zero attached hydrogens (tertiary/aromatic N) is 3. The zero-order chi connectivity index (χ0) is 24.1. The Balaban J connectivity index is 1.82. The van der Waals surface area contributed by atoms with Crippen molar-refractivity contribution in [3.8, 4) is 17.1 Å². The maximum Gasteiger partial charge on any atom is 0.168 e. The van der Waals surface area contributed by atoms with Gasteiger partial charge in [0.15, 0.2) is 11.6 Å². The number of hydrogen-bond donors (Lipinski definition) is 0. The maximum absolute atomic E-state index is 4.61. The summed E-state index contributed by atoms with van der Waals surface area (Å²) in [5.74, 6) is 1.56. The smallest absolute Gasteiger partial charge is 0.168 e. The highest BCUT2D eigenvalue weighted by atomic mass is 15.3. The Hall–Kier alpha value is -3.98. The fraction of sp³-hybridized carbons (Fsp3) is 0.161. The molecule has 3 aromatic carbocycles. The number of hydrogen-bond acceptors (Lipinski definition) is 2. The Morgan fingerprint density at radius 2 is 1.41 bits per heavy atom. The summed E-state index contributed by atoms with van der Waals surface area (Å²) in [6.45, 7) is 12.8. The zero-order valence-electron chi connectivity index (χ0n) is 20.4. The van der Waals surface area contributed by atoms with E-state index >= 15 is 0 Å². The van der Waals surface area contributed by atoms with Crippen molar-refractivity contribution in [2.24, 2.45) is 0 Å². The van der Waals surface area contributed by atoms with Crippen LogP contribution in [0.25, 0.3) is 28.2 Å². The van der Waals surface area contributed by atoms with Gasteiger partial charge in [-0.05, 0) is 41.2 Å². The molecule has 0 aliphatic carbocycles. The van der Waals surface area contributed by atoms with E-state index in [1.165, 1.54) is 16.7 Å². The molecule has 0 fully saturated rings. The second kappa shape index (κ2) is 9.88. The molecule has 3 heteroatoms. The van der Waals surface area contributed by atoms with Crippen molar-refractivity contribution in [1.29, 1.82) is 0 Å². The Kier molecular flexibility index (Phi) is 6.74. The third-order valence-electron chi connectivity index (χ3n) is 5.91. The maximum atomic E-state index is 4.61. The fourth-order valence-corrected chi connectivity index (χ4v) is 3.84. The van der Waals surface area contributed by atoms with Crippen molar-refractivity contribution in [1.82, 2.24) is 14.8 Å². The lowest BCUT2D eigenvalue weighted by atomic mass is 9.86. The lowest BCUT2D eigenvalue weighted by Gasteiger charge is -2.19. The molecule has 4 aromatic rings. The van der Waals surface area contributed by atoms with Crippen LogP contribution in [-0.2, 0) is 5.41 Å². The van der Waals surface area contributed by atoms with Gasteiger partial charge >= 0.3 is 0 Å². The highest BCUT2D eigenvalue weighted by molar-refractivity contribution is 5.77. The van der Waals surface area contributed by atoms with E-state index in [1.54, 1.807) is 0 Å². The molecule has 170 valence electrons. The zero-order valence-corrected chi connectivity index (χ0v) is 20.4. The molecule has 0 N–H and O–H groups in total. The van der Waals surface area contributed by atoms with Crippen LogP contribution in [-0.4, -0.2) is 14.8 Å². The molecule has 0 unspecified atom stereocenters. The van der Waals surface area contributed by atoms with Crippen molar-refractivity contribution in [2.75, 3.05) is 0 Å². The Morgan fingerprint density at radius 1 is 0.794 bits per heavy atom. The molecule has 0 saturated heterocycles. The summed E-state index contributed by atoms with van der Waals surface area (Å²) >= 11 is 0. The molecule has 0 saturated carbocycles. The molecule has 1 aromatic heterocycles. The molecular weight excluding hydrogens is 414 g/mol. The monoisotopic (exact) mass is 445 g/mol. The van der Waals surface area contributed by atoms with Crippen molar-refractivity contribution in [2.45, 2.75) is 33.1 Å². The van der Waals surface area contributed by atoms with E-state index in [9.17, 15) is 0 Å². The van der Waals surface area contributed by atoms with Crippen molar-refractivity contribution in [3.63, 3.8) is 0 Å². The van der Waals surface area contributed by atoms with Gasteiger partial charge in [0.1, 0.15) is 0 Å². The summed E-state index contributed by atoms with van der Waals surface area (Å²) in [7, 11) is 0. The van der Waals surface area contributed by atoms with Crippen LogP contribution in [0, 0.1) is 0 Å². The molecule has 0 atom stereocenters. The number of allylic oxidation sites excluding steroid dienone is 5. The van der Waals surface area contributed by atoms with Gasteiger partial charge in [0, 0.05) is 16.8 Å². The third kappa shape index (κ3) is 4.99. The predicted molar refractivity (Wildman–Crippen MR) is 144 cm³/mol. The first-order valence-electron chi connectivity index (χ1n) is 11.6. The number of aromatic nitrogens is 3. The second-order valence-electron chi connectivity index (χ2n) is 9.39. The van der Waals surface area contributed by atoms with Crippen molar-refractivity contribution >= 4 is 11.1 Å². The van der Waals surface area contributed by atoms with Crippen LogP contribution in [0.1, 0.15) is 44.6 Å². The quantitative estimate of drug-likeness (QED) is 0.282. The first-order chi connectivity index (χ1) is 16.4. The summed E-state index contributed by atoms with van der Waals surface area (Å²) in [6, 6.07) is 29.2. The van der Waals surface area contributed by atoms with Gasteiger partial charge in [-0.3, -0.25) is 4.57 Å². The van der Waals surface area contributed by atoms with Gasteiger partial charge in [-0.15, -0.1) is 10.2 Å². The van der Waals surface area contributed by atoms with E-state index in [4.69, 9.17) is 0 Å². The van der Waals surface area contributed by atoms with E-state index in [-0.39, 0.29) is 5.41 Å². The van der Waals surface area contributed by atoms with E-state index < -0.39 is 0 Å². The Bertz CT molecular complexity index is 1320. The SMILES string of the molecule is C=C/C(=C\C=C(/C)c1ccccc1)c1nnc(-c2ccc(C(C)(C)C)cc2)n1-c1ccccc1. The number of rotatable bonds is 6. The molecule has 0 spiro atoms. The summed E-state index contributed by atoms with van der Waals surface area (Å²) in [6.07, 6.45) is 6.00. The summed E-state index contributed by atoms with van der Waals surface area (Å²) < 4.78 is 2.10. The first kappa shape index (κ1) is 23.2. The lowest BCUT2D eigenvalue weighted by Crippen LogP contribution is -2.10. The van der Waals surface area contributed by atoms with E-state index in [0.717, 1.165) is 28.5 Å². The van der Waals surface area contributed by atoms with Crippen LogP contribution in [0.5, 0.6) is 0 Å². The lowest BCUT2D eigenvalue weighted by molar-refractivity contribution is 0.590. The van der Waals surface area contributed by atoms with Crippen LogP contribution in [0.3, 0.4) is 0 Å². The second-order valence-corrected chi connectivity index (χ2v) is 9.39. The minimum atomic E-state index is 0.0957. The van der Waals surface area contributed by atoms with Crippen LogP contribution in [0.4, 0.5) is 0 Å². The molecule has 34 heavy (non-hydrogen) atoms. The van der Waals surface area contributed by atoms with Gasteiger partial charge in [0.25, 0.3) is 0 Å². The molecule has 4 rings (SSSR count). The minimum Gasteiger partial charge on any atom is -0.275 e. The van der Waals surface area contributed by atoms with Gasteiger partial charge in [0.05, 0.1) is 0 Å². The summed E-state index contributed by atoms with van der Waals surface area (Å²) in [4.78, 5) is 0. The molecule has 0 radical (unpaired) electrons. The van der Waals surface area contributed by atoms with Crippen molar-refractivity contribution in [3.05, 3.63) is 127 Å². The Morgan fingerprint density at radius 3 is 2.00 bits per heavy atom. The van der Waals surface area contributed by atoms with Gasteiger partial charge in [-0.25, -0.2) is 0 Å². The molecule has 0 amide bonds. The summed E-state index contributed by atoms with van der Waals surface area (Å²) in [5, 5.41) is 9.22. The molecule has 0 bridgehead atoms. The van der Waals surface area contributed by atoms with Crippen LogP contribution in [0.2, 0.25) is 0 Å². The average molecular weight is 446 g/mol. The predicted octanol–water partition coefficient (Wildman–Crippen LogP) is 7.90. The van der Waals surface area contributed by atoms with Crippen LogP contribution in [0.15, 0.2) is 110 Å². The highest BCUT2D eigenvalue weighted by Crippen LogP contribution is 2.29. The average Bonchev–Trinajstić information content (AvgIpc) is 3.30. The molecule has 1 heterocycles. The first-order valence-corrected chi connectivity index (χ1v) is 11.6. The van der Waals surface area contributed by atoms with Gasteiger partial charge in [0.2, 0.25) is 0 Å². The highest BCUT2D eigenvalue weighted by Gasteiger charge is 2.19. The van der Waals surface area contributed by atoms with Gasteiger partial charge in [-0.1, -0.05) is 118 Å². The van der Waals surface area contributed by atoms with E-state index in [0.29, 0.717) is 0 Å². The minimum absolute atomic E-state index is 0.0957. The van der Waals surface area contributed by atoms with E-state index in [2.05, 4.69) is 110 Å². The summed E-state index contributed by atoms with van der Waals surface area (Å²) in [5.41, 5.74) is 6.68. The largest absolute Gasteiger partial charge is 0.275 e. The van der Waals surface area contributed by atoms with Crippen molar-refractivity contribution < 1.29 is 0 Å². The molecule has 0 aliphatic heterocycles. The number of benzene rings is 3. The van der Waals surface area contributed by atoms with E-state index in [1.807, 2.05) is 42.5 Å². The fourth-order valence-electron chi connectivity index (χ4n) is 3.84. The Labute approximate surface area is 202 Å². The van der Waals surface area contributed by atoms with Crippen LogP contribution >= 0.6 is 0 Å². The van der Waals surface area contributed by atoms with Gasteiger partial charge < -0.3 is 0 Å². The molecule has 0 aliphatic rings. The molecule has 3 nitrogen and oxygen atoms in total. The normalized spacial score (nSPS) is 12.6. The topological polar surface area (TPSA) is 30.7 Å². The van der Waals surface area contributed by atoms with Gasteiger partial charge in [-0.2, -0.15) is 0 Å².